The van der Waals surface area contributed by atoms with Crippen LogP contribution in [0.15, 0.2) is 49.1 Å². The fraction of sp³-hybridized carbons (Fsp3) is 0.364. The largest absolute Gasteiger partial charge is 0.573 e. The molecule has 11 heteroatoms. The maximum Gasteiger partial charge on any atom is 0.573 e. The van der Waals surface area contributed by atoms with Crippen LogP contribution in [0, 0.1) is 12.8 Å². The Bertz CT molecular complexity index is 1110. The Morgan fingerprint density at radius 1 is 1.15 bits per heavy atom. The third kappa shape index (κ3) is 5.60. The summed E-state index contributed by atoms with van der Waals surface area (Å²) in [5.74, 6) is 1.58. The Labute approximate surface area is 188 Å². The summed E-state index contributed by atoms with van der Waals surface area (Å²) in [5, 5.41) is 2.74. The zero-order valence-corrected chi connectivity index (χ0v) is 17.9. The van der Waals surface area contributed by atoms with Crippen molar-refractivity contribution in [3.05, 3.63) is 60.4 Å². The molecule has 1 saturated heterocycles. The van der Waals surface area contributed by atoms with E-state index in [1.165, 1.54) is 24.5 Å². The van der Waals surface area contributed by atoms with E-state index in [0.717, 1.165) is 17.5 Å². The molecule has 0 spiro atoms. The van der Waals surface area contributed by atoms with Gasteiger partial charge >= 0.3 is 6.36 Å². The highest BCUT2D eigenvalue weighted by atomic mass is 19.4. The van der Waals surface area contributed by atoms with E-state index in [1.54, 1.807) is 12.3 Å². The molecular weight excluding hydrogens is 437 g/mol. The van der Waals surface area contributed by atoms with Crippen LogP contribution in [0.25, 0.3) is 5.82 Å². The number of ether oxygens (including phenoxy) is 1. The number of imidazole rings is 1. The minimum Gasteiger partial charge on any atom is -0.405 e. The highest BCUT2D eigenvalue weighted by Gasteiger charge is 2.32. The van der Waals surface area contributed by atoms with Crippen LogP contribution in [-0.4, -0.2) is 44.9 Å². The number of rotatable bonds is 6. The smallest absolute Gasteiger partial charge is 0.405 e. The third-order valence-electron chi connectivity index (χ3n) is 5.55. The lowest BCUT2D eigenvalue weighted by atomic mass is 9.96. The highest BCUT2D eigenvalue weighted by Crippen LogP contribution is 2.27. The number of para-hydroxylation sites is 1. The van der Waals surface area contributed by atoms with E-state index in [9.17, 15) is 18.0 Å². The van der Waals surface area contributed by atoms with Gasteiger partial charge in [0.15, 0.2) is 0 Å². The molecule has 1 N–H and O–H groups in total. The first-order valence-electron chi connectivity index (χ1n) is 10.5. The van der Waals surface area contributed by atoms with Gasteiger partial charge in [-0.25, -0.2) is 15.0 Å². The molecule has 0 unspecified atom stereocenters. The van der Waals surface area contributed by atoms with Gasteiger partial charge in [0, 0.05) is 49.6 Å². The van der Waals surface area contributed by atoms with Gasteiger partial charge in [-0.05, 0) is 25.8 Å². The molecule has 4 rings (SSSR count). The van der Waals surface area contributed by atoms with Crippen LogP contribution in [0.1, 0.15) is 24.2 Å². The summed E-state index contributed by atoms with van der Waals surface area (Å²) in [6.07, 6.45) is 1.46. The van der Waals surface area contributed by atoms with Gasteiger partial charge in [0.25, 0.3) is 0 Å². The van der Waals surface area contributed by atoms with E-state index in [0.29, 0.717) is 25.9 Å². The van der Waals surface area contributed by atoms with E-state index < -0.39 is 6.36 Å². The number of aromatic nitrogens is 4. The number of nitrogens with zero attached hydrogens (tertiary/aromatic N) is 5. The van der Waals surface area contributed by atoms with E-state index >= 15 is 0 Å². The number of hydrogen-bond donors (Lipinski definition) is 1. The summed E-state index contributed by atoms with van der Waals surface area (Å²) in [7, 11) is 0. The quantitative estimate of drug-likeness (QED) is 0.607. The summed E-state index contributed by atoms with van der Waals surface area (Å²) in [6.45, 7) is 3.11. The van der Waals surface area contributed by atoms with Crippen molar-refractivity contribution in [3.63, 3.8) is 0 Å². The van der Waals surface area contributed by atoms with Crippen LogP contribution in [0.4, 0.5) is 19.0 Å². The number of anilines is 1. The number of alkyl halides is 3. The molecule has 174 valence electrons. The van der Waals surface area contributed by atoms with Gasteiger partial charge in [-0.1, -0.05) is 18.2 Å². The van der Waals surface area contributed by atoms with Gasteiger partial charge in [-0.15, -0.1) is 13.2 Å². The van der Waals surface area contributed by atoms with E-state index in [2.05, 4.69) is 29.9 Å². The lowest BCUT2D eigenvalue weighted by Gasteiger charge is -2.32. The first-order chi connectivity index (χ1) is 15.8. The second-order valence-electron chi connectivity index (χ2n) is 7.71. The molecule has 1 aliphatic heterocycles. The molecule has 3 aromatic rings. The Morgan fingerprint density at radius 2 is 1.88 bits per heavy atom. The molecule has 2 aromatic heterocycles. The maximum absolute atomic E-state index is 12.6. The van der Waals surface area contributed by atoms with E-state index in [-0.39, 0.29) is 29.7 Å². The average molecular weight is 460 g/mol. The Kier molecular flexibility index (Phi) is 6.47. The first kappa shape index (κ1) is 22.6. The van der Waals surface area contributed by atoms with Crippen molar-refractivity contribution in [3.8, 4) is 11.6 Å². The van der Waals surface area contributed by atoms with Crippen LogP contribution >= 0.6 is 0 Å². The predicted molar refractivity (Wildman–Crippen MR) is 114 cm³/mol. The lowest BCUT2D eigenvalue weighted by Crippen LogP contribution is -2.40. The number of piperidine rings is 1. The number of halogens is 3. The zero-order chi connectivity index (χ0) is 23.4. The summed E-state index contributed by atoms with van der Waals surface area (Å²) < 4.78 is 43.7. The lowest BCUT2D eigenvalue weighted by molar-refractivity contribution is -0.274. The van der Waals surface area contributed by atoms with Gasteiger partial charge in [0.1, 0.15) is 29.5 Å². The van der Waals surface area contributed by atoms with Crippen molar-refractivity contribution < 1.29 is 22.7 Å². The Morgan fingerprint density at radius 3 is 2.58 bits per heavy atom. The molecule has 0 aliphatic carbocycles. The Hall–Kier alpha value is -3.63. The number of carbonyl (C=O) groups is 1. The second-order valence-corrected chi connectivity index (χ2v) is 7.71. The average Bonchev–Trinajstić information content (AvgIpc) is 3.23. The molecular formula is C22H23F3N6O2. The number of benzene rings is 1. The molecule has 0 saturated carbocycles. The fourth-order valence-corrected chi connectivity index (χ4v) is 3.83. The van der Waals surface area contributed by atoms with Crippen LogP contribution in [0.2, 0.25) is 0 Å². The minimum atomic E-state index is -4.79. The van der Waals surface area contributed by atoms with Crippen LogP contribution < -0.4 is 15.0 Å². The van der Waals surface area contributed by atoms with Gasteiger partial charge in [0.2, 0.25) is 5.91 Å². The topological polar surface area (TPSA) is 85.2 Å². The monoisotopic (exact) mass is 460 g/mol. The van der Waals surface area contributed by atoms with Crippen LogP contribution in [0.3, 0.4) is 0 Å². The van der Waals surface area contributed by atoms with Crippen molar-refractivity contribution in [2.45, 2.75) is 32.7 Å². The predicted octanol–water partition coefficient (Wildman–Crippen LogP) is 3.40. The SMILES string of the molecule is Cc1nccn1-c1cc(N2CCC(C(=O)NCc3ccccc3OC(F)(F)F)CC2)ncn1. The van der Waals surface area contributed by atoms with Crippen LogP contribution in [-0.2, 0) is 11.3 Å². The van der Waals surface area contributed by atoms with Gasteiger partial charge in [-0.3, -0.25) is 9.36 Å². The highest BCUT2D eigenvalue weighted by molar-refractivity contribution is 5.79. The third-order valence-corrected chi connectivity index (χ3v) is 5.55. The molecule has 1 aliphatic rings. The molecule has 8 nitrogen and oxygen atoms in total. The summed E-state index contributed by atoms with van der Waals surface area (Å²) in [5.41, 5.74) is 0.268. The van der Waals surface area contributed by atoms with Crippen molar-refractivity contribution in [1.82, 2.24) is 24.8 Å². The normalized spacial score (nSPS) is 14.8. The zero-order valence-electron chi connectivity index (χ0n) is 17.9. The van der Waals surface area contributed by atoms with Crippen LogP contribution in [0.5, 0.6) is 5.75 Å². The summed E-state index contributed by atoms with van der Waals surface area (Å²) in [4.78, 5) is 27.6. The number of hydrogen-bond acceptors (Lipinski definition) is 6. The minimum absolute atomic E-state index is 0.0369. The van der Waals surface area contributed by atoms with Crippen molar-refractivity contribution >= 4 is 11.7 Å². The molecule has 0 radical (unpaired) electrons. The second kappa shape index (κ2) is 9.47. The molecule has 0 atom stereocenters. The number of carbonyl (C=O) groups excluding carboxylic acids is 1. The fourth-order valence-electron chi connectivity index (χ4n) is 3.83. The molecule has 1 fully saturated rings. The number of nitrogens with one attached hydrogen (secondary N) is 1. The molecule has 3 heterocycles. The molecule has 33 heavy (non-hydrogen) atoms. The number of aryl methyl sites for hydroxylation is 1. The Balaban J connectivity index is 1.33. The molecule has 1 amide bonds. The van der Waals surface area contributed by atoms with Gasteiger partial charge in [0.05, 0.1) is 0 Å². The standard InChI is InChI=1S/C22H23F3N6O2/c1-15-26-8-11-31(15)20-12-19(28-14-29-20)30-9-6-16(7-10-30)21(32)27-13-17-4-2-3-5-18(17)33-22(23,24)25/h2-5,8,11-12,14,16H,6-7,9-10,13H2,1H3,(H,27,32). The maximum atomic E-state index is 12.6. The van der Waals surface area contributed by atoms with Gasteiger partial charge in [-0.2, -0.15) is 0 Å². The van der Waals surface area contributed by atoms with Crippen molar-refractivity contribution in [2.24, 2.45) is 5.92 Å². The van der Waals surface area contributed by atoms with Crippen molar-refractivity contribution in [2.75, 3.05) is 18.0 Å². The van der Waals surface area contributed by atoms with E-state index in [1.807, 2.05) is 23.8 Å². The van der Waals surface area contributed by atoms with Crippen molar-refractivity contribution in [1.29, 1.82) is 0 Å². The van der Waals surface area contributed by atoms with Gasteiger partial charge < -0.3 is 15.0 Å². The van der Waals surface area contributed by atoms with E-state index in [4.69, 9.17) is 0 Å². The summed E-state index contributed by atoms with van der Waals surface area (Å²) >= 11 is 0. The number of amides is 1. The molecule has 1 aromatic carbocycles. The summed E-state index contributed by atoms with van der Waals surface area (Å²) in [6, 6.07) is 7.67. The molecule has 0 bridgehead atoms. The first-order valence-corrected chi connectivity index (χ1v) is 10.5.